The van der Waals surface area contributed by atoms with Crippen LogP contribution in [-0.2, 0) is 6.54 Å². The van der Waals surface area contributed by atoms with Crippen molar-refractivity contribution < 1.29 is 14.0 Å². The lowest BCUT2D eigenvalue weighted by Crippen LogP contribution is -2.16. The first-order valence-corrected chi connectivity index (χ1v) is 6.76. The van der Waals surface area contributed by atoms with Crippen molar-refractivity contribution in [3.63, 3.8) is 0 Å². The highest BCUT2D eigenvalue weighted by molar-refractivity contribution is 9.10. The van der Waals surface area contributed by atoms with Crippen LogP contribution in [0.4, 0.5) is 14.5 Å². The minimum atomic E-state index is -0.615. The first-order chi connectivity index (χ1) is 10.0. The fraction of sp³-hybridized carbons (Fsp3) is 0.0714. The van der Waals surface area contributed by atoms with Crippen molar-refractivity contribution in [1.82, 2.24) is 0 Å². The summed E-state index contributed by atoms with van der Waals surface area (Å²) in [5.41, 5.74) is 5.91. The highest BCUT2D eigenvalue weighted by atomic mass is 79.9. The fourth-order valence-corrected chi connectivity index (χ4v) is 2.15. The van der Waals surface area contributed by atoms with Crippen LogP contribution in [0.2, 0.25) is 0 Å². The van der Waals surface area contributed by atoms with Crippen molar-refractivity contribution in [2.45, 2.75) is 6.54 Å². The quantitative estimate of drug-likeness (QED) is 0.340. The van der Waals surface area contributed by atoms with E-state index in [4.69, 9.17) is 10.9 Å². The van der Waals surface area contributed by atoms with Gasteiger partial charge in [0.2, 0.25) is 0 Å². The van der Waals surface area contributed by atoms with Crippen LogP contribution < -0.4 is 11.1 Å². The Hall–Kier alpha value is -2.15. The summed E-state index contributed by atoms with van der Waals surface area (Å²) >= 11 is 3.24. The number of amidine groups is 1. The van der Waals surface area contributed by atoms with Gasteiger partial charge in [-0.3, -0.25) is 0 Å². The van der Waals surface area contributed by atoms with Gasteiger partial charge in [-0.2, -0.15) is 0 Å². The molecule has 0 saturated heterocycles. The van der Waals surface area contributed by atoms with Crippen molar-refractivity contribution in [2.75, 3.05) is 5.32 Å². The molecule has 0 aliphatic rings. The summed E-state index contributed by atoms with van der Waals surface area (Å²) in [6.45, 7) is 0.0613. The summed E-state index contributed by atoms with van der Waals surface area (Å²) < 4.78 is 28.5. The van der Waals surface area contributed by atoms with Crippen LogP contribution in [-0.4, -0.2) is 11.0 Å². The summed E-state index contributed by atoms with van der Waals surface area (Å²) in [5, 5.41) is 14.2. The van der Waals surface area contributed by atoms with Gasteiger partial charge in [0.15, 0.2) is 5.84 Å². The summed E-state index contributed by atoms with van der Waals surface area (Å²) in [4.78, 5) is 0. The summed E-state index contributed by atoms with van der Waals surface area (Å²) in [7, 11) is 0. The van der Waals surface area contributed by atoms with Gasteiger partial charge in [0.1, 0.15) is 11.6 Å². The van der Waals surface area contributed by atoms with Gasteiger partial charge in [0.25, 0.3) is 0 Å². The van der Waals surface area contributed by atoms with Crippen molar-refractivity contribution in [3.05, 3.63) is 63.6 Å². The Bertz CT molecular complexity index is 692. The predicted octanol–water partition coefficient (Wildman–Crippen LogP) is 3.43. The first-order valence-electron chi connectivity index (χ1n) is 5.97. The fourth-order valence-electron chi connectivity index (χ4n) is 1.79. The summed E-state index contributed by atoms with van der Waals surface area (Å²) in [6, 6.07) is 8.93. The van der Waals surface area contributed by atoms with Crippen molar-refractivity contribution in [1.29, 1.82) is 0 Å². The van der Waals surface area contributed by atoms with Crippen LogP contribution in [0.1, 0.15) is 11.1 Å². The monoisotopic (exact) mass is 355 g/mol. The van der Waals surface area contributed by atoms with E-state index in [1.807, 2.05) is 0 Å². The molecule has 4 nitrogen and oxygen atoms in total. The Balaban J connectivity index is 2.23. The molecular weight excluding hydrogens is 344 g/mol. The molecule has 0 aliphatic carbocycles. The Kier molecular flexibility index (Phi) is 4.74. The number of nitrogens with one attached hydrogen (secondary N) is 1. The third kappa shape index (κ3) is 3.49. The Morgan fingerprint density at radius 3 is 2.76 bits per heavy atom. The third-order valence-corrected chi connectivity index (χ3v) is 3.35. The minimum Gasteiger partial charge on any atom is -0.409 e. The molecule has 0 aliphatic heterocycles. The third-order valence-electron chi connectivity index (χ3n) is 2.86. The van der Waals surface area contributed by atoms with E-state index in [1.165, 1.54) is 18.2 Å². The summed E-state index contributed by atoms with van der Waals surface area (Å²) in [6.07, 6.45) is 0. The lowest BCUT2D eigenvalue weighted by atomic mass is 10.1. The minimum absolute atomic E-state index is 0.00786. The number of anilines is 1. The van der Waals surface area contributed by atoms with Crippen LogP contribution in [0.3, 0.4) is 0 Å². The maximum absolute atomic E-state index is 14.2. The van der Waals surface area contributed by atoms with Crippen LogP contribution in [0, 0.1) is 11.6 Å². The number of halogens is 3. The average Bonchev–Trinajstić information content (AvgIpc) is 2.48. The van der Waals surface area contributed by atoms with E-state index in [1.54, 1.807) is 18.2 Å². The van der Waals surface area contributed by atoms with E-state index in [0.717, 1.165) is 0 Å². The molecule has 110 valence electrons. The average molecular weight is 356 g/mol. The van der Waals surface area contributed by atoms with Crippen molar-refractivity contribution >= 4 is 27.5 Å². The number of benzene rings is 2. The number of nitrogens with zero attached hydrogens (tertiary/aromatic N) is 1. The number of oxime groups is 1. The Morgan fingerprint density at radius 1 is 1.29 bits per heavy atom. The van der Waals surface area contributed by atoms with Crippen LogP contribution in [0.15, 0.2) is 46.0 Å². The highest BCUT2D eigenvalue weighted by Gasteiger charge is 2.12. The molecule has 4 N–H and O–H groups in total. The Labute approximate surface area is 128 Å². The van der Waals surface area contributed by atoms with E-state index >= 15 is 0 Å². The molecule has 0 fully saturated rings. The molecule has 0 radical (unpaired) electrons. The molecule has 0 spiro atoms. The molecule has 0 amide bonds. The van der Waals surface area contributed by atoms with Crippen molar-refractivity contribution in [3.8, 4) is 0 Å². The zero-order chi connectivity index (χ0) is 15.4. The van der Waals surface area contributed by atoms with E-state index in [0.29, 0.717) is 4.47 Å². The van der Waals surface area contributed by atoms with E-state index < -0.39 is 11.6 Å². The number of nitrogens with two attached hydrogens (primary N) is 1. The predicted molar refractivity (Wildman–Crippen MR) is 80.3 cm³/mol. The number of rotatable bonds is 4. The van der Waals surface area contributed by atoms with Gasteiger partial charge in [0.05, 0.1) is 11.3 Å². The molecule has 0 aromatic heterocycles. The van der Waals surface area contributed by atoms with Crippen molar-refractivity contribution in [2.24, 2.45) is 10.9 Å². The Morgan fingerprint density at radius 2 is 2.05 bits per heavy atom. The summed E-state index contributed by atoms with van der Waals surface area (Å²) in [5.74, 6) is -1.37. The molecule has 0 atom stereocenters. The SMILES string of the molecule is N/C(=N/O)c1cccc(CNc2cc(Br)ccc2F)c1F. The molecular formula is C14H12BrF2N3O. The van der Waals surface area contributed by atoms with E-state index in [2.05, 4.69) is 26.4 Å². The molecule has 0 unspecified atom stereocenters. The van der Waals surface area contributed by atoms with E-state index in [9.17, 15) is 8.78 Å². The molecule has 0 saturated carbocycles. The largest absolute Gasteiger partial charge is 0.409 e. The second-order valence-electron chi connectivity index (χ2n) is 4.24. The second kappa shape index (κ2) is 6.53. The maximum atomic E-state index is 14.2. The van der Waals surface area contributed by atoms with Gasteiger partial charge >= 0.3 is 0 Å². The molecule has 0 bridgehead atoms. The maximum Gasteiger partial charge on any atom is 0.173 e. The lowest BCUT2D eigenvalue weighted by Gasteiger charge is -2.10. The van der Waals surface area contributed by atoms with Crippen LogP contribution >= 0.6 is 15.9 Å². The molecule has 2 rings (SSSR count). The van der Waals surface area contributed by atoms with Gasteiger partial charge in [-0.1, -0.05) is 33.2 Å². The number of hydrogen-bond acceptors (Lipinski definition) is 3. The molecule has 0 heterocycles. The normalized spacial score (nSPS) is 11.5. The van der Waals surface area contributed by atoms with Gasteiger partial charge < -0.3 is 16.3 Å². The standard InChI is InChI=1S/C14H12BrF2N3O/c15-9-4-5-11(16)12(6-9)19-7-8-2-1-3-10(13(8)17)14(18)20-21/h1-6,19,21H,7H2,(H2,18,20). The van der Waals surface area contributed by atoms with Crippen LogP contribution in [0.25, 0.3) is 0 Å². The lowest BCUT2D eigenvalue weighted by molar-refractivity contribution is 0.318. The van der Waals surface area contributed by atoms with E-state index in [-0.39, 0.29) is 29.2 Å². The molecule has 7 heteroatoms. The highest BCUT2D eigenvalue weighted by Crippen LogP contribution is 2.21. The zero-order valence-corrected chi connectivity index (χ0v) is 12.4. The molecule has 21 heavy (non-hydrogen) atoms. The van der Waals surface area contributed by atoms with Gasteiger partial charge in [0, 0.05) is 16.6 Å². The topological polar surface area (TPSA) is 70.6 Å². The van der Waals surface area contributed by atoms with Crippen LogP contribution in [0.5, 0.6) is 0 Å². The first kappa shape index (κ1) is 15.2. The number of hydrogen-bond donors (Lipinski definition) is 3. The zero-order valence-electron chi connectivity index (χ0n) is 10.8. The van der Waals surface area contributed by atoms with Gasteiger partial charge in [-0.05, 0) is 24.3 Å². The smallest absolute Gasteiger partial charge is 0.173 e. The molecule has 2 aromatic carbocycles. The molecule has 2 aromatic rings. The van der Waals surface area contributed by atoms with Gasteiger partial charge in [-0.25, -0.2) is 8.78 Å². The van der Waals surface area contributed by atoms with Gasteiger partial charge in [-0.15, -0.1) is 0 Å². The second-order valence-corrected chi connectivity index (χ2v) is 5.16.